The smallest absolute Gasteiger partial charge is 0.0502 e. The molecule has 0 radical (unpaired) electrons. The fourth-order valence-corrected chi connectivity index (χ4v) is 1.66. The zero-order valence-electron chi connectivity index (χ0n) is 9.52. The van der Waals surface area contributed by atoms with E-state index in [1.807, 2.05) is 42.6 Å². The van der Waals surface area contributed by atoms with Gasteiger partial charge >= 0.3 is 0 Å². The number of pyridine rings is 1. The number of hydrogen-bond donors (Lipinski definition) is 2. The number of rotatable bonds is 4. The first-order chi connectivity index (χ1) is 8.25. The molecule has 0 aliphatic rings. The van der Waals surface area contributed by atoms with Gasteiger partial charge in [-0.15, -0.1) is 0 Å². The Bertz CT molecular complexity index is 473. The minimum atomic E-state index is 0.169. The molecule has 1 heterocycles. The minimum absolute atomic E-state index is 0.169. The number of aromatic nitrogens is 1. The molecule has 0 amide bonds. The fraction of sp³-hybridized carbons (Fsp3) is 0.154. The van der Waals surface area contributed by atoms with Gasteiger partial charge in [-0.3, -0.25) is 4.98 Å². The molecule has 2 aromatic rings. The molecule has 0 aliphatic carbocycles. The topological polar surface area (TPSA) is 37.0 Å². The van der Waals surface area contributed by atoms with Gasteiger partial charge in [0.05, 0.1) is 5.69 Å². The number of anilines is 1. The minimum Gasteiger partial charge on any atom is -0.321 e. The molecule has 1 atom stereocenters. The molecular weight excluding hydrogens is 234 g/mol. The van der Waals surface area contributed by atoms with Gasteiger partial charge in [0, 0.05) is 23.5 Å². The highest BCUT2D eigenvalue weighted by Crippen LogP contribution is 2.15. The summed E-state index contributed by atoms with van der Waals surface area (Å²) in [7, 11) is 0. The Hall–Kier alpha value is -1.58. The Morgan fingerprint density at radius 1 is 1.24 bits per heavy atom. The summed E-state index contributed by atoms with van der Waals surface area (Å²) >= 11 is 5.90. The van der Waals surface area contributed by atoms with Gasteiger partial charge in [-0.25, -0.2) is 5.43 Å². The molecular formula is C13H14ClN3. The van der Waals surface area contributed by atoms with Crippen molar-refractivity contribution in [3.63, 3.8) is 0 Å². The third kappa shape index (κ3) is 3.44. The van der Waals surface area contributed by atoms with Gasteiger partial charge in [-0.1, -0.05) is 23.7 Å². The van der Waals surface area contributed by atoms with E-state index in [9.17, 15) is 0 Å². The van der Waals surface area contributed by atoms with E-state index in [0.717, 1.165) is 11.3 Å². The highest BCUT2D eigenvalue weighted by atomic mass is 35.5. The van der Waals surface area contributed by atoms with Crippen molar-refractivity contribution >= 4 is 17.3 Å². The van der Waals surface area contributed by atoms with E-state index < -0.39 is 0 Å². The van der Waals surface area contributed by atoms with Crippen molar-refractivity contribution in [2.24, 2.45) is 0 Å². The molecule has 0 saturated heterocycles. The lowest BCUT2D eigenvalue weighted by atomic mass is 10.1. The summed E-state index contributed by atoms with van der Waals surface area (Å²) in [5.41, 5.74) is 8.38. The van der Waals surface area contributed by atoms with Crippen molar-refractivity contribution in [1.82, 2.24) is 10.4 Å². The van der Waals surface area contributed by atoms with Gasteiger partial charge in [-0.05, 0) is 36.8 Å². The van der Waals surface area contributed by atoms with E-state index in [0.29, 0.717) is 5.02 Å². The third-order valence-electron chi connectivity index (χ3n) is 2.44. The van der Waals surface area contributed by atoms with E-state index in [1.165, 1.54) is 0 Å². The van der Waals surface area contributed by atoms with Crippen LogP contribution in [0.4, 0.5) is 5.69 Å². The number of nitrogens with zero attached hydrogens (tertiary/aromatic N) is 1. The van der Waals surface area contributed by atoms with Crippen molar-refractivity contribution in [2.75, 3.05) is 5.43 Å². The van der Waals surface area contributed by atoms with Crippen LogP contribution in [-0.2, 0) is 0 Å². The molecule has 2 N–H and O–H groups in total. The van der Waals surface area contributed by atoms with Crippen LogP contribution in [0.5, 0.6) is 0 Å². The molecule has 88 valence electrons. The summed E-state index contributed by atoms with van der Waals surface area (Å²) in [5.74, 6) is 0. The second-order valence-corrected chi connectivity index (χ2v) is 4.22. The van der Waals surface area contributed by atoms with E-state index in [2.05, 4.69) is 22.8 Å². The maximum Gasteiger partial charge on any atom is 0.0502 e. The Kier molecular flexibility index (Phi) is 3.96. The predicted octanol–water partition coefficient (Wildman–Crippen LogP) is 3.41. The Labute approximate surface area is 106 Å². The van der Waals surface area contributed by atoms with Crippen LogP contribution < -0.4 is 10.9 Å². The van der Waals surface area contributed by atoms with Crippen molar-refractivity contribution in [1.29, 1.82) is 0 Å². The van der Waals surface area contributed by atoms with Crippen LogP contribution in [-0.4, -0.2) is 4.98 Å². The molecule has 0 bridgehead atoms. The number of hydrazine groups is 1. The second-order valence-electron chi connectivity index (χ2n) is 3.79. The molecule has 1 aromatic heterocycles. The first kappa shape index (κ1) is 11.9. The zero-order valence-corrected chi connectivity index (χ0v) is 10.3. The summed E-state index contributed by atoms with van der Waals surface area (Å²) in [4.78, 5) is 4.09. The summed E-state index contributed by atoms with van der Waals surface area (Å²) in [6.45, 7) is 2.06. The molecule has 0 saturated carbocycles. The largest absolute Gasteiger partial charge is 0.321 e. The van der Waals surface area contributed by atoms with Crippen LogP contribution in [0.2, 0.25) is 5.02 Å². The predicted molar refractivity (Wildman–Crippen MR) is 70.9 cm³/mol. The van der Waals surface area contributed by atoms with E-state index in [-0.39, 0.29) is 6.04 Å². The fourth-order valence-electron chi connectivity index (χ4n) is 1.47. The van der Waals surface area contributed by atoms with Crippen LogP contribution in [0.25, 0.3) is 0 Å². The maximum atomic E-state index is 5.90. The maximum absolute atomic E-state index is 5.90. The van der Waals surface area contributed by atoms with Crippen LogP contribution in [0, 0.1) is 0 Å². The second kappa shape index (κ2) is 5.66. The van der Waals surface area contributed by atoms with E-state index in [1.54, 1.807) is 6.20 Å². The Morgan fingerprint density at radius 3 is 2.82 bits per heavy atom. The normalized spacial score (nSPS) is 12.1. The molecule has 1 aromatic carbocycles. The van der Waals surface area contributed by atoms with Crippen molar-refractivity contribution in [3.8, 4) is 0 Å². The third-order valence-corrected chi connectivity index (χ3v) is 2.68. The molecule has 3 nitrogen and oxygen atoms in total. The summed E-state index contributed by atoms with van der Waals surface area (Å²) < 4.78 is 0. The van der Waals surface area contributed by atoms with Gasteiger partial charge in [0.1, 0.15) is 0 Å². The Morgan fingerprint density at radius 2 is 2.12 bits per heavy atom. The monoisotopic (exact) mass is 247 g/mol. The molecule has 2 rings (SSSR count). The van der Waals surface area contributed by atoms with Crippen molar-refractivity contribution in [2.45, 2.75) is 13.0 Å². The van der Waals surface area contributed by atoms with Crippen LogP contribution in [0.1, 0.15) is 18.5 Å². The van der Waals surface area contributed by atoms with E-state index >= 15 is 0 Å². The van der Waals surface area contributed by atoms with Gasteiger partial charge in [0.15, 0.2) is 0 Å². The molecule has 0 spiro atoms. The molecule has 0 fully saturated rings. The summed E-state index contributed by atoms with van der Waals surface area (Å²) in [6.07, 6.45) is 3.61. The van der Waals surface area contributed by atoms with Crippen molar-refractivity contribution in [3.05, 3.63) is 59.4 Å². The number of benzene rings is 1. The van der Waals surface area contributed by atoms with Gasteiger partial charge in [-0.2, -0.15) is 0 Å². The standard InChI is InChI=1S/C13H14ClN3/c1-10(11-4-3-7-15-9-11)16-17-13-6-2-5-12(14)8-13/h2-10,16-17H,1H3. The molecule has 1 unspecified atom stereocenters. The van der Waals surface area contributed by atoms with Crippen LogP contribution in [0.15, 0.2) is 48.8 Å². The SMILES string of the molecule is CC(NNc1cccc(Cl)c1)c1cccnc1. The molecule has 4 heteroatoms. The van der Waals surface area contributed by atoms with Gasteiger partial charge < -0.3 is 5.43 Å². The highest BCUT2D eigenvalue weighted by molar-refractivity contribution is 6.30. The lowest BCUT2D eigenvalue weighted by Crippen LogP contribution is -2.25. The van der Waals surface area contributed by atoms with Crippen LogP contribution >= 0.6 is 11.6 Å². The van der Waals surface area contributed by atoms with Crippen molar-refractivity contribution < 1.29 is 0 Å². The number of halogens is 1. The average Bonchev–Trinajstić information content (AvgIpc) is 2.37. The lowest BCUT2D eigenvalue weighted by Gasteiger charge is -2.15. The van der Waals surface area contributed by atoms with Gasteiger partial charge in [0.2, 0.25) is 0 Å². The first-order valence-corrected chi connectivity index (χ1v) is 5.80. The zero-order chi connectivity index (χ0) is 12.1. The lowest BCUT2D eigenvalue weighted by molar-refractivity contribution is 0.641. The quantitative estimate of drug-likeness (QED) is 0.813. The average molecular weight is 248 g/mol. The molecule has 17 heavy (non-hydrogen) atoms. The molecule has 0 aliphatic heterocycles. The van der Waals surface area contributed by atoms with Gasteiger partial charge in [0.25, 0.3) is 0 Å². The number of nitrogens with one attached hydrogen (secondary N) is 2. The highest BCUT2D eigenvalue weighted by Gasteiger charge is 2.03. The van der Waals surface area contributed by atoms with Crippen LogP contribution in [0.3, 0.4) is 0 Å². The van der Waals surface area contributed by atoms with E-state index in [4.69, 9.17) is 11.6 Å². The summed E-state index contributed by atoms with van der Waals surface area (Å²) in [6, 6.07) is 11.7. The first-order valence-electron chi connectivity index (χ1n) is 5.43. The Balaban J connectivity index is 1.95. The summed E-state index contributed by atoms with van der Waals surface area (Å²) in [5, 5.41) is 0.714. The number of hydrogen-bond acceptors (Lipinski definition) is 3.